The summed E-state index contributed by atoms with van der Waals surface area (Å²) in [5.41, 5.74) is 0.459. The quantitative estimate of drug-likeness (QED) is 0.760. The predicted octanol–water partition coefficient (Wildman–Crippen LogP) is 1.35. The molecule has 140 valence electrons. The number of carbonyl (C=O) groups is 1. The summed E-state index contributed by atoms with van der Waals surface area (Å²) < 4.78 is 16.0. The normalized spacial score (nSPS) is 17.3. The lowest BCUT2D eigenvalue weighted by Crippen LogP contribution is -2.34. The van der Waals surface area contributed by atoms with Crippen molar-refractivity contribution in [3.05, 3.63) is 35.6 Å². The molecule has 26 heavy (non-hydrogen) atoms. The fourth-order valence-electron chi connectivity index (χ4n) is 2.34. The second-order valence-corrected chi connectivity index (χ2v) is 6.27. The van der Waals surface area contributed by atoms with Gasteiger partial charge in [-0.15, -0.1) is 0 Å². The molecule has 1 atom stereocenters. The van der Waals surface area contributed by atoms with Crippen LogP contribution in [-0.2, 0) is 16.0 Å². The Morgan fingerprint density at radius 2 is 2.23 bits per heavy atom. The molecule has 1 fully saturated rings. The van der Waals surface area contributed by atoms with Gasteiger partial charge >= 0.3 is 0 Å². The van der Waals surface area contributed by atoms with Gasteiger partial charge in [0, 0.05) is 18.7 Å². The van der Waals surface area contributed by atoms with Crippen molar-refractivity contribution >= 4 is 11.7 Å². The Kier molecular flexibility index (Phi) is 6.13. The standard InChI is InChI=1S/C17H23N5O4/c1-11(2)17-21-15(22-26-17)9-20-16(23)12-3-4-14(18-7-12)19-8-13-10-24-5-6-25-13/h3-4,7,11,13H,5-6,8-10H2,1-2H3,(H,18,19)(H,20,23)/t13-/m1/s1. The summed E-state index contributed by atoms with van der Waals surface area (Å²) in [5, 5.41) is 9.76. The largest absolute Gasteiger partial charge is 0.376 e. The van der Waals surface area contributed by atoms with Crippen molar-refractivity contribution in [2.75, 3.05) is 31.7 Å². The van der Waals surface area contributed by atoms with E-state index in [0.717, 1.165) is 0 Å². The highest BCUT2D eigenvalue weighted by Gasteiger charge is 2.15. The molecule has 0 aromatic carbocycles. The Balaban J connectivity index is 1.46. The van der Waals surface area contributed by atoms with E-state index < -0.39 is 0 Å². The van der Waals surface area contributed by atoms with Gasteiger partial charge in [0.15, 0.2) is 5.82 Å². The van der Waals surface area contributed by atoms with Gasteiger partial charge in [0.2, 0.25) is 5.89 Å². The number of anilines is 1. The second-order valence-electron chi connectivity index (χ2n) is 6.27. The third-order valence-electron chi connectivity index (χ3n) is 3.81. The van der Waals surface area contributed by atoms with Crippen LogP contribution in [-0.4, -0.2) is 53.5 Å². The van der Waals surface area contributed by atoms with E-state index in [1.54, 1.807) is 12.1 Å². The Morgan fingerprint density at radius 1 is 1.35 bits per heavy atom. The van der Waals surface area contributed by atoms with Gasteiger partial charge in [-0.25, -0.2) is 4.98 Å². The molecule has 0 radical (unpaired) electrons. The van der Waals surface area contributed by atoms with E-state index in [1.165, 1.54) is 6.20 Å². The first-order chi connectivity index (χ1) is 12.6. The Bertz CT molecular complexity index is 710. The number of rotatable bonds is 7. The van der Waals surface area contributed by atoms with Gasteiger partial charge in [-0.3, -0.25) is 4.79 Å². The molecule has 9 heteroatoms. The van der Waals surface area contributed by atoms with E-state index >= 15 is 0 Å². The number of aromatic nitrogens is 3. The van der Waals surface area contributed by atoms with E-state index in [0.29, 0.717) is 49.5 Å². The van der Waals surface area contributed by atoms with E-state index in [2.05, 4.69) is 25.8 Å². The van der Waals surface area contributed by atoms with Crippen LogP contribution in [0.15, 0.2) is 22.9 Å². The average Bonchev–Trinajstić information content (AvgIpc) is 3.15. The zero-order valence-electron chi connectivity index (χ0n) is 14.9. The van der Waals surface area contributed by atoms with Gasteiger partial charge in [-0.2, -0.15) is 4.98 Å². The summed E-state index contributed by atoms with van der Waals surface area (Å²) in [7, 11) is 0. The first kappa shape index (κ1) is 18.3. The van der Waals surface area contributed by atoms with Crippen LogP contribution in [0, 0.1) is 0 Å². The highest BCUT2D eigenvalue weighted by molar-refractivity contribution is 5.93. The summed E-state index contributed by atoms with van der Waals surface area (Å²) in [6.45, 7) is 6.55. The molecule has 0 saturated carbocycles. The van der Waals surface area contributed by atoms with Crippen LogP contribution in [0.5, 0.6) is 0 Å². The smallest absolute Gasteiger partial charge is 0.253 e. The molecule has 0 bridgehead atoms. The summed E-state index contributed by atoms with van der Waals surface area (Å²) in [6, 6.07) is 3.46. The molecule has 1 aliphatic heterocycles. The molecule has 0 aliphatic carbocycles. The maximum atomic E-state index is 12.2. The highest BCUT2D eigenvalue weighted by atomic mass is 16.6. The molecular weight excluding hydrogens is 338 g/mol. The predicted molar refractivity (Wildman–Crippen MR) is 92.8 cm³/mol. The van der Waals surface area contributed by atoms with E-state index in [4.69, 9.17) is 14.0 Å². The fourth-order valence-corrected chi connectivity index (χ4v) is 2.34. The number of hydrogen-bond donors (Lipinski definition) is 2. The lowest BCUT2D eigenvalue weighted by atomic mass is 10.2. The average molecular weight is 361 g/mol. The Morgan fingerprint density at radius 3 is 2.88 bits per heavy atom. The monoisotopic (exact) mass is 361 g/mol. The van der Waals surface area contributed by atoms with Gasteiger partial charge in [-0.1, -0.05) is 19.0 Å². The molecule has 0 spiro atoms. The second kappa shape index (κ2) is 8.72. The van der Waals surface area contributed by atoms with Crippen molar-refractivity contribution in [3.8, 4) is 0 Å². The number of carbonyl (C=O) groups excluding carboxylic acids is 1. The van der Waals surface area contributed by atoms with Gasteiger partial charge < -0.3 is 24.6 Å². The van der Waals surface area contributed by atoms with E-state index in [-0.39, 0.29) is 24.5 Å². The van der Waals surface area contributed by atoms with Crippen molar-refractivity contribution in [1.82, 2.24) is 20.4 Å². The summed E-state index contributed by atoms with van der Waals surface area (Å²) in [4.78, 5) is 20.6. The molecule has 2 aromatic rings. The molecule has 9 nitrogen and oxygen atoms in total. The van der Waals surface area contributed by atoms with Crippen molar-refractivity contribution in [3.63, 3.8) is 0 Å². The first-order valence-electron chi connectivity index (χ1n) is 8.62. The van der Waals surface area contributed by atoms with Crippen LogP contribution >= 0.6 is 0 Å². The zero-order valence-corrected chi connectivity index (χ0v) is 14.9. The zero-order chi connectivity index (χ0) is 18.4. The maximum absolute atomic E-state index is 12.2. The number of nitrogens with one attached hydrogen (secondary N) is 2. The lowest BCUT2D eigenvalue weighted by Gasteiger charge is -2.23. The van der Waals surface area contributed by atoms with Gasteiger partial charge in [0.1, 0.15) is 5.82 Å². The van der Waals surface area contributed by atoms with Crippen LogP contribution < -0.4 is 10.6 Å². The van der Waals surface area contributed by atoms with E-state index in [1.807, 2.05) is 13.8 Å². The number of pyridine rings is 1. The third-order valence-corrected chi connectivity index (χ3v) is 3.81. The van der Waals surface area contributed by atoms with Crippen LogP contribution in [0.3, 0.4) is 0 Å². The minimum absolute atomic E-state index is 0.0132. The SMILES string of the molecule is CC(C)c1nc(CNC(=O)c2ccc(NC[C@@H]3COCCO3)nc2)no1. The number of amides is 1. The first-order valence-corrected chi connectivity index (χ1v) is 8.62. The van der Waals surface area contributed by atoms with Crippen molar-refractivity contribution in [1.29, 1.82) is 0 Å². The highest BCUT2D eigenvalue weighted by Crippen LogP contribution is 2.11. The van der Waals surface area contributed by atoms with Gasteiger partial charge in [0.05, 0.1) is 38.0 Å². The molecular formula is C17H23N5O4. The van der Waals surface area contributed by atoms with Crippen molar-refractivity contribution < 1.29 is 18.8 Å². The third kappa shape index (κ3) is 4.99. The topological polar surface area (TPSA) is 111 Å². The summed E-state index contributed by atoms with van der Waals surface area (Å²) >= 11 is 0. The van der Waals surface area contributed by atoms with Crippen LogP contribution in [0.2, 0.25) is 0 Å². The summed E-state index contributed by atoms with van der Waals surface area (Å²) in [6.07, 6.45) is 1.53. The molecule has 0 unspecified atom stereocenters. The molecule has 3 heterocycles. The van der Waals surface area contributed by atoms with Crippen molar-refractivity contribution in [2.24, 2.45) is 0 Å². The van der Waals surface area contributed by atoms with Crippen LogP contribution in [0.1, 0.15) is 41.8 Å². The molecule has 3 rings (SSSR count). The van der Waals surface area contributed by atoms with Gasteiger partial charge in [0.25, 0.3) is 5.91 Å². The summed E-state index contributed by atoms with van der Waals surface area (Å²) in [5.74, 6) is 1.59. The van der Waals surface area contributed by atoms with Gasteiger partial charge in [-0.05, 0) is 12.1 Å². The Hall–Kier alpha value is -2.52. The molecule has 1 saturated heterocycles. The molecule has 2 N–H and O–H groups in total. The van der Waals surface area contributed by atoms with Crippen LogP contribution in [0.25, 0.3) is 0 Å². The number of ether oxygens (including phenoxy) is 2. The van der Waals surface area contributed by atoms with Crippen LogP contribution in [0.4, 0.5) is 5.82 Å². The number of nitrogens with zero attached hydrogens (tertiary/aromatic N) is 3. The fraction of sp³-hybridized carbons (Fsp3) is 0.529. The minimum atomic E-state index is -0.246. The minimum Gasteiger partial charge on any atom is -0.376 e. The Labute approximate surface area is 151 Å². The maximum Gasteiger partial charge on any atom is 0.253 e. The lowest BCUT2D eigenvalue weighted by molar-refractivity contribution is -0.0819. The molecule has 2 aromatic heterocycles. The molecule has 1 aliphatic rings. The van der Waals surface area contributed by atoms with Crippen molar-refractivity contribution in [2.45, 2.75) is 32.4 Å². The van der Waals surface area contributed by atoms with E-state index in [9.17, 15) is 4.79 Å². The molecule has 1 amide bonds. The number of hydrogen-bond acceptors (Lipinski definition) is 8.